The Hall–Kier alpha value is -2.86. The maximum atomic E-state index is 13.1. The van der Waals surface area contributed by atoms with E-state index in [-0.39, 0.29) is 11.9 Å². The lowest BCUT2D eigenvalue weighted by Crippen LogP contribution is -2.51. The highest BCUT2D eigenvalue weighted by Crippen LogP contribution is 2.29. The van der Waals surface area contributed by atoms with E-state index in [1.165, 1.54) is 10.6 Å². The third kappa shape index (κ3) is 3.36. The number of rotatable bonds is 4. The number of carbonyl (C=O) groups is 2. The number of anilines is 1. The molecule has 0 bridgehead atoms. The maximum Gasteiger partial charge on any atom is 0.326 e. The van der Waals surface area contributed by atoms with E-state index in [0.29, 0.717) is 6.67 Å². The summed E-state index contributed by atoms with van der Waals surface area (Å²) in [6.45, 7) is 7.49. The van der Waals surface area contributed by atoms with Crippen LogP contribution in [-0.2, 0) is 10.3 Å². The zero-order chi connectivity index (χ0) is 19.7. The van der Waals surface area contributed by atoms with Gasteiger partial charge in [-0.3, -0.25) is 9.69 Å². The molecule has 146 valence electrons. The fourth-order valence-corrected chi connectivity index (χ4v) is 3.89. The van der Waals surface area contributed by atoms with Gasteiger partial charge in [-0.25, -0.2) is 9.69 Å². The van der Waals surface area contributed by atoms with Crippen LogP contribution in [0.4, 0.5) is 10.5 Å². The van der Waals surface area contributed by atoms with Crippen LogP contribution in [0.15, 0.2) is 54.6 Å². The van der Waals surface area contributed by atoms with Gasteiger partial charge in [-0.05, 0) is 31.5 Å². The van der Waals surface area contributed by atoms with Gasteiger partial charge in [0.1, 0.15) is 5.54 Å². The number of hydrogen-bond acceptors (Lipinski definition) is 4. The van der Waals surface area contributed by atoms with Crippen LogP contribution >= 0.6 is 0 Å². The third-order valence-electron chi connectivity index (χ3n) is 5.74. The van der Waals surface area contributed by atoms with Gasteiger partial charge in [-0.2, -0.15) is 0 Å². The Kier molecular flexibility index (Phi) is 4.81. The first-order chi connectivity index (χ1) is 13.5. The summed E-state index contributed by atoms with van der Waals surface area (Å²) in [5.41, 5.74) is 2.14. The molecule has 6 heteroatoms. The second kappa shape index (κ2) is 7.28. The van der Waals surface area contributed by atoms with Crippen molar-refractivity contribution in [2.24, 2.45) is 0 Å². The van der Waals surface area contributed by atoms with E-state index in [1.807, 2.05) is 49.4 Å². The van der Waals surface area contributed by atoms with Crippen molar-refractivity contribution in [1.29, 1.82) is 0 Å². The summed E-state index contributed by atoms with van der Waals surface area (Å²) in [4.78, 5) is 31.5. The highest BCUT2D eigenvalue weighted by molar-refractivity contribution is 6.07. The van der Waals surface area contributed by atoms with Crippen LogP contribution < -0.4 is 10.2 Å². The largest absolute Gasteiger partial charge is 0.369 e. The van der Waals surface area contributed by atoms with E-state index in [2.05, 4.69) is 27.2 Å². The molecule has 0 aromatic heterocycles. The third-order valence-corrected chi connectivity index (χ3v) is 5.74. The summed E-state index contributed by atoms with van der Waals surface area (Å²) in [5.74, 6) is -0.188. The Morgan fingerprint density at radius 2 is 1.57 bits per heavy atom. The molecule has 2 heterocycles. The molecule has 28 heavy (non-hydrogen) atoms. The predicted octanol–water partition coefficient (Wildman–Crippen LogP) is 2.54. The van der Waals surface area contributed by atoms with Crippen molar-refractivity contribution >= 4 is 17.6 Å². The van der Waals surface area contributed by atoms with Gasteiger partial charge >= 0.3 is 6.03 Å². The van der Waals surface area contributed by atoms with Crippen molar-refractivity contribution in [3.8, 4) is 0 Å². The monoisotopic (exact) mass is 378 g/mol. The van der Waals surface area contributed by atoms with Crippen LogP contribution in [0.5, 0.6) is 0 Å². The Labute approximate surface area is 165 Å². The molecule has 3 amide bonds. The smallest absolute Gasteiger partial charge is 0.326 e. The number of nitrogens with one attached hydrogen (secondary N) is 1. The van der Waals surface area contributed by atoms with Crippen LogP contribution in [0.1, 0.15) is 18.1 Å². The second-order valence-corrected chi connectivity index (χ2v) is 7.74. The lowest BCUT2D eigenvalue weighted by Gasteiger charge is -2.37. The number of imide groups is 1. The average Bonchev–Trinajstić information content (AvgIpc) is 2.93. The molecule has 1 atom stereocenters. The number of para-hydroxylation sites is 1. The number of nitrogens with zero attached hydrogens (tertiary/aromatic N) is 3. The molecule has 4 rings (SSSR count). The molecule has 2 saturated heterocycles. The predicted molar refractivity (Wildman–Crippen MR) is 109 cm³/mol. The van der Waals surface area contributed by atoms with Gasteiger partial charge in [-0.15, -0.1) is 0 Å². The van der Waals surface area contributed by atoms with E-state index in [1.54, 1.807) is 6.92 Å². The fourth-order valence-electron chi connectivity index (χ4n) is 3.89. The van der Waals surface area contributed by atoms with Crippen molar-refractivity contribution in [1.82, 2.24) is 15.1 Å². The molecule has 2 aliphatic rings. The molecule has 0 unspecified atom stereocenters. The number of benzene rings is 2. The van der Waals surface area contributed by atoms with Crippen LogP contribution in [0.3, 0.4) is 0 Å². The number of urea groups is 1. The Bertz CT molecular complexity index is 860. The number of aryl methyl sites for hydroxylation is 1. The molecular weight excluding hydrogens is 352 g/mol. The Morgan fingerprint density at radius 1 is 0.929 bits per heavy atom. The highest BCUT2D eigenvalue weighted by atomic mass is 16.2. The van der Waals surface area contributed by atoms with E-state index in [0.717, 1.165) is 37.3 Å². The summed E-state index contributed by atoms with van der Waals surface area (Å²) in [6, 6.07) is 17.8. The minimum atomic E-state index is -1.00. The number of carbonyl (C=O) groups excluding carboxylic acids is 2. The summed E-state index contributed by atoms with van der Waals surface area (Å²) >= 11 is 0. The quantitative estimate of drug-likeness (QED) is 0.831. The van der Waals surface area contributed by atoms with E-state index < -0.39 is 5.54 Å². The standard InChI is InChI=1S/C22H26N4O2/c1-17-8-10-18(11-9-17)22(2)20(27)26(21(28)23-22)16-24-12-14-25(15-13-24)19-6-4-3-5-7-19/h3-11H,12-16H2,1-2H3,(H,23,28)/t22-/m1/s1. The minimum absolute atomic E-state index is 0.188. The van der Waals surface area contributed by atoms with Gasteiger partial charge in [0, 0.05) is 31.9 Å². The topological polar surface area (TPSA) is 55.9 Å². The van der Waals surface area contributed by atoms with Gasteiger partial charge in [0.05, 0.1) is 6.67 Å². The lowest BCUT2D eigenvalue weighted by atomic mass is 9.91. The molecule has 0 spiro atoms. The van der Waals surface area contributed by atoms with Crippen molar-refractivity contribution in [2.45, 2.75) is 19.4 Å². The van der Waals surface area contributed by atoms with Gasteiger partial charge in [0.2, 0.25) is 0 Å². The maximum absolute atomic E-state index is 13.1. The molecule has 0 aliphatic carbocycles. The van der Waals surface area contributed by atoms with Crippen LogP contribution in [-0.4, -0.2) is 54.6 Å². The number of piperazine rings is 1. The fraction of sp³-hybridized carbons (Fsp3) is 0.364. The highest BCUT2D eigenvalue weighted by Gasteiger charge is 2.49. The van der Waals surface area contributed by atoms with Crippen LogP contribution in [0.2, 0.25) is 0 Å². The van der Waals surface area contributed by atoms with Crippen molar-refractivity contribution in [3.05, 3.63) is 65.7 Å². The normalized spacial score (nSPS) is 23.2. The molecule has 6 nitrogen and oxygen atoms in total. The average molecular weight is 378 g/mol. The summed E-state index contributed by atoms with van der Waals surface area (Å²) < 4.78 is 0. The summed E-state index contributed by atoms with van der Waals surface area (Å²) in [7, 11) is 0. The molecule has 2 aromatic carbocycles. The molecule has 1 N–H and O–H groups in total. The first-order valence-electron chi connectivity index (χ1n) is 9.71. The van der Waals surface area contributed by atoms with Crippen molar-refractivity contribution < 1.29 is 9.59 Å². The van der Waals surface area contributed by atoms with Gasteiger partial charge in [0.15, 0.2) is 0 Å². The minimum Gasteiger partial charge on any atom is -0.369 e. The van der Waals surface area contributed by atoms with Crippen LogP contribution in [0, 0.1) is 6.92 Å². The summed E-state index contributed by atoms with van der Waals surface area (Å²) in [5, 5.41) is 2.89. The molecule has 0 saturated carbocycles. The van der Waals surface area contributed by atoms with Gasteiger partial charge in [-0.1, -0.05) is 48.0 Å². The van der Waals surface area contributed by atoms with Crippen molar-refractivity contribution in [3.63, 3.8) is 0 Å². The van der Waals surface area contributed by atoms with E-state index in [9.17, 15) is 9.59 Å². The second-order valence-electron chi connectivity index (χ2n) is 7.74. The van der Waals surface area contributed by atoms with Gasteiger partial charge in [0.25, 0.3) is 5.91 Å². The number of hydrogen-bond donors (Lipinski definition) is 1. The molecule has 2 aromatic rings. The first-order valence-corrected chi connectivity index (χ1v) is 9.71. The molecule has 2 aliphatic heterocycles. The van der Waals surface area contributed by atoms with Crippen LogP contribution in [0.25, 0.3) is 0 Å². The zero-order valence-electron chi connectivity index (χ0n) is 16.4. The molecule has 2 fully saturated rings. The molecule has 0 radical (unpaired) electrons. The zero-order valence-corrected chi connectivity index (χ0v) is 16.4. The molecular formula is C22H26N4O2. The Morgan fingerprint density at radius 3 is 2.21 bits per heavy atom. The van der Waals surface area contributed by atoms with E-state index >= 15 is 0 Å². The van der Waals surface area contributed by atoms with Crippen molar-refractivity contribution in [2.75, 3.05) is 37.7 Å². The van der Waals surface area contributed by atoms with E-state index in [4.69, 9.17) is 0 Å². The Balaban J connectivity index is 1.41. The number of amides is 3. The van der Waals surface area contributed by atoms with Gasteiger partial charge < -0.3 is 10.2 Å². The summed E-state index contributed by atoms with van der Waals surface area (Å²) in [6.07, 6.45) is 0. The first kappa shape index (κ1) is 18.5. The lowest BCUT2D eigenvalue weighted by molar-refractivity contribution is -0.132. The SMILES string of the molecule is Cc1ccc([C@@]2(C)NC(=O)N(CN3CCN(c4ccccc4)CC3)C2=O)cc1.